The molecule has 1 aliphatic heterocycles. The molecule has 0 saturated carbocycles. The van der Waals surface area contributed by atoms with Crippen molar-refractivity contribution in [3.05, 3.63) is 72.3 Å². The smallest absolute Gasteiger partial charge is 0.251 e. The molecule has 1 aliphatic rings. The van der Waals surface area contributed by atoms with Gasteiger partial charge in [0, 0.05) is 37.4 Å². The number of benzene rings is 2. The fraction of sp³-hybridized carbons (Fsp3) is 0.286. The second kappa shape index (κ2) is 9.03. The van der Waals surface area contributed by atoms with Crippen LogP contribution in [-0.4, -0.2) is 34.0 Å². The fourth-order valence-electron chi connectivity index (χ4n) is 3.14. The summed E-state index contributed by atoms with van der Waals surface area (Å²) >= 11 is 0. The van der Waals surface area contributed by atoms with Crippen molar-refractivity contribution in [3.8, 4) is 0 Å². The monoisotopic (exact) mass is 399 g/mol. The molecular weight excluding hydrogens is 374 g/mol. The number of nitrogens with zero attached hydrogens (tertiary/aromatic N) is 1. The van der Waals surface area contributed by atoms with Crippen molar-refractivity contribution in [2.75, 3.05) is 24.5 Å². The number of carbonyl (C=O) groups is 1. The van der Waals surface area contributed by atoms with Crippen molar-refractivity contribution in [3.63, 3.8) is 0 Å². The van der Waals surface area contributed by atoms with Crippen LogP contribution in [0, 0.1) is 0 Å². The maximum absolute atomic E-state index is 12.4. The van der Waals surface area contributed by atoms with E-state index in [4.69, 9.17) is 0 Å². The molecule has 0 unspecified atom stereocenters. The van der Waals surface area contributed by atoms with Gasteiger partial charge in [0.1, 0.15) is 0 Å². The van der Waals surface area contributed by atoms with Crippen LogP contribution in [0.25, 0.3) is 0 Å². The van der Waals surface area contributed by atoms with E-state index in [-0.39, 0.29) is 17.3 Å². The first-order valence-corrected chi connectivity index (χ1v) is 10.8. The second-order valence-electron chi connectivity index (χ2n) is 6.71. The van der Waals surface area contributed by atoms with Crippen molar-refractivity contribution in [2.24, 2.45) is 0 Å². The summed E-state index contributed by atoms with van der Waals surface area (Å²) < 4.78 is 26.8. The van der Waals surface area contributed by atoms with Crippen molar-refractivity contribution in [2.45, 2.75) is 24.3 Å². The van der Waals surface area contributed by atoms with Gasteiger partial charge in [-0.1, -0.05) is 24.3 Å². The van der Waals surface area contributed by atoms with Gasteiger partial charge in [0.05, 0.1) is 4.90 Å². The Balaban J connectivity index is 1.62. The summed E-state index contributed by atoms with van der Waals surface area (Å²) in [5.74, 6) is -0.315. The molecule has 0 bridgehead atoms. The number of rotatable bonds is 8. The summed E-state index contributed by atoms with van der Waals surface area (Å²) in [5.41, 5.74) is 2.50. The molecule has 7 heteroatoms. The van der Waals surface area contributed by atoms with E-state index in [2.05, 4.69) is 33.7 Å². The van der Waals surface area contributed by atoms with Crippen LogP contribution in [0.15, 0.2) is 66.1 Å². The van der Waals surface area contributed by atoms with E-state index in [1.54, 1.807) is 12.1 Å². The Bertz CT molecular complexity index is 934. The van der Waals surface area contributed by atoms with Crippen LogP contribution >= 0.6 is 0 Å². The summed E-state index contributed by atoms with van der Waals surface area (Å²) in [7, 11) is -3.66. The number of amides is 1. The highest BCUT2D eigenvalue weighted by Gasteiger charge is 2.15. The van der Waals surface area contributed by atoms with E-state index in [0.29, 0.717) is 12.1 Å². The molecule has 0 spiro atoms. The van der Waals surface area contributed by atoms with E-state index in [1.807, 2.05) is 12.1 Å². The van der Waals surface area contributed by atoms with E-state index in [1.165, 1.54) is 36.7 Å². The molecule has 0 atom stereocenters. The number of carbonyl (C=O) groups excluding carboxylic acids is 1. The lowest BCUT2D eigenvalue weighted by Crippen LogP contribution is -2.25. The Hall–Kier alpha value is -2.64. The van der Waals surface area contributed by atoms with Crippen LogP contribution in [0.3, 0.4) is 0 Å². The molecule has 1 amide bonds. The van der Waals surface area contributed by atoms with E-state index >= 15 is 0 Å². The zero-order chi connectivity index (χ0) is 20.0. The molecular formula is C21H25N3O3S. The molecule has 2 aromatic rings. The van der Waals surface area contributed by atoms with Crippen LogP contribution in [-0.2, 0) is 16.6 Å². The van der Waals surface area contributed by atoms with Crippen molar-refractivity contribution >= 4 is 21.6 Å². The van der Waals surface area contributed by atoms with Crippen molar-refractivity contribution in [1.82, 2.24) is 10.0 Å². The Morgan fingerprint density at radius 1 is 1.11 bits per heavy atom. The van der Waals surface area contributed by atoms with E-state index in [0.717, 1.165) is 18.7 Å². The zero-order valence-corrected chi connectivity index (χ0v) is 16.5. The second-order valence-corrected chi connectivity index (χ2v) is 8.48. The molecule has 6 nitrogen and oxygen atoms in total. The molecule has 0 aliphatic carbocycles. The number of nitrogens with one attached hydrogen (secondary N) is 2. The lowest BCUT2D eigenvalue weighted by atomic mass is 10.1. The topological polar surface area (TPSA) is 78.5 Å². The molecule has 28 heavy (non-hydrogen) atoms. The highest BCUT2D eigenvalue weighted by molar-refractivity contribution is 7.89. The van der Waals surface area contributed by atoms with Crippen LogP contribution < -0.4 is 14.9 Å². The first kappa shape index (κ1) is 20.1. The van der Waals surface area contributed by atoms with Gasteiger partial charge < -0.3 is 10.2 Å². The number of anilines is 1. The predicted octanol–water partition coefficient (Wildman–Crippen LogP) is 2.68. The van der Waals surface area contributed by atoms with Gasteiger partial charge >= 0.3 is 0 Å². The third kappa shape index (κ3) is 4.99. The first-order chi connectivity index (χ1) is 13.5. The molecule has 3 rings (SSSR count). The standard InChI is InChI=1S/C21H25N3O3S/c1-2-12-23-28(26,27)20-7-5-6-18(15-20)21(25)22-16-17-8-10-19(11-9-17)24-13-3-4-14-24/h2,5-11,15,23H,1,3-4,12-14,16H2,(H,22,25). The fourth-order valence-corrected chi connectivity index (χ4v) is 4.18. The molecule has 1 heterocycles. The molecule has 1 saturated heterocycles. The summed E-state index contributed by atoms with van der Waals surface area (Å²) in [6.07, 6.45) is 3.93. The van der Waals surface area contributed by atoms with Gasteiger partial charge in [-0.15, -0.1) is 6.58 Å². The predicted molar refractivity (Wildman–Crippen MR) is 111 cm³/mol. The first-order valence-electron chi connectivity index (χ1n) is 9.32. The number of hydrogen-bond donors (Lipinski definition) is 2. The largest absolute Gasteiger partial charge is 0.372 e. The Morgan fingerprint density at radius 2 is 1.82 bits per heavy atom. The average molecular weight is 400 g/mol. The van der Waals surface area contributed by atoms with Gasteiger partial charge in [-0.2, -0.15) is 0 Å². The van der Waals surface area contributed by atoms with Crippen LogP contribution in [0.2, 0.25) is 0 Å². The van der Waals surface area contributed by atoms with Crippen molar-refractivity contribution < 1.29 is 13.2 Å². The minimum Gasteiger partial charge on any atom is -0.372 e. The van der Waals surface area contributed by atoms with Gasteiger partial charge in [0.2, 0.25) is 10.0 Å². The molecule has 2 N–H and O–H groups in total. The lowest BCUT2D eigenvalue weighted by Gasteiger charge is -2.17. The van der Waals surface area contributed by atoms with Crippen LogP contribution in [0.5, 0.6) is 0 Å². The number of hydrogen-bond acceptors (Lipinski definition) is 4. The average Bonchev–Trinajstić information content (AvgIpc) is 3.26. The highest BCUT2D eigenvalue weighted by atomic mass is 32.2. The van der Waals surface area contributed by atoms with Gasteiger partial charge in [0.15, 0.2) is 0 Å². The third-order valence-electron chi connectivity index (χ3n) is 4.68. The SMILES string of the molecule is C=CCNS(=O)(=O)c1cccc(C(=O)NCc2ccc(N3CCCC3)cc2)c1. The Morgan fingerprint density at radius 3 is 2.50 bits per heavy atom. The summed E-state index contributed by atoms with van der Waals surface area (Å²) in [5, 5.41) is 2.84. The quantitative estimate of drug-likeness (QED) is 0.669. The minimum absolute atomic E-state index is 0.0527. The van der Waals surface area contributed by atoms with E-state index < -0.39 is 10.0 Å². The van der Waals surface area contributed by atoms with Crippen molar-refractivity contribution in [1.29, 1.82) is 0 Å². The zero-order valence-electron chi connectivity index (χ0n) is 15.7. The highest BCUT2D eigenvalue weighted by Crippen LogP contribution is 2.20. The molecule has 0 radical (unpaired) electrons. The summed E-state index contributed by atoms with van der Waals surface area (Å²) in [4.78, 5) is 14.8. The normalized spacial score (nSPS) is 14.1. The molecule has 2 aromatic carbocycles. The van der Waals surface area contributed by atoms with Gasteiger partial charge in [-0.05, 0) is 48.7 Å². The summed E-state index contributed by atoms with van der Waals surface area (Å²) in [6, 6.07) is 14.1. The lowest BCUT2D eigenvalue weighted by molar-refractivity contribution is 0.0950. The molecule has 148 valence electrons. The van der Waals surface area contributed by atoms with E-state index in [9.17, 15) is 13.2 Å². The molecule has 0 aromatic heterocycles. The summed E-state index contributed by atoms with van der Waals surface area (Å²) in [6.45, 7) is 6.19. The van der Waals surface area contributed by atoms with Crippen LogP contribution in [0.1, 0.15) is 28.8 Å². The Labute approximate surface area is 166 Å². The van der Waals surface area contributed by atoms with Crippen LogP contribution in [0.4, 0.5) is 5.69 Å². The third-order valence-corrected chi connectivity index (χ3v) is 6.11. The number of sulfonamides is 1. The van der Waals surface area contributed by atoms with Gasteiger partial charge in [0.25, 0.3) is 5.91 Å². The maximum atomic E-state index is 12.4. The Kier molecular flexibility index (Phi) is 6.49. The van der Waals surface area contributed by atoms with Gasteiger partial charge in [-0.25, -0.2) is 13.1 Å². The maximum Gasteiger partial charge on any atom is 0.251 e. The minimum atomic E-state index is -3.66. The van der Waals surface area contributed by atoms with Gasteiger partial charge in [-0.3, -0.25) is 4.79 Å². The molecule has 1 fully saturated rings.